The van der Waals surface area contributed by atoms with E-state index in [-0.39, 0.29) is 49.4 Å². The van der Waals surface area contributed by atoms with Crippen molar-refractivity contribution in [3.8, 4) is 17.2 Å². The highest BCUT2D eigenvalue weighted by Crippen LogP contribution is 2.62. The average Bonchev–Trinajstić information content (AvgIpc) is 4.08. The van der Waals surface area contributed by atoms with Crippen LogP contribution in [0.2, 0.25) is 0 Å². The Labute approximate surface area is 329 Å². The molecule has 0 radical (unpaired) electrons. The van der Waals surface area contributed by atoms with Crippen molar-refractivity contribution in [1.29, 1.82) is 0 Å². The lowest BCUT2D eigenvalue weighted by Crippen LogP contribution is -2.69. The summed E-state index contributed by atoms with van der Waals surface area (Å²) in [7, 11) is 1.86. The molecule has 0 unspecified atom stereocenters. The predicted molar refractivity (Wildman–Crippen MR) is 214 cm³/mol. The van der Waals surface area contributed by atoms with Crippen molar-refractivity contribution in [2.45, 2.75) is 82.1 Å². The number of allylic oxidation sites excluding steroid dienone is 1. The van der Waals surface area contributed by atoms with Crippen molar-refractivity contribution in [3.63, 3.8) is 0 Å². The molecule has 3 aromatic carbocycles. The van der Waals surface area contributed by atoms with Crippen LogP contribution in [0.25, 0.3) is 0 Å². The molecular formula is C46H54N2O8. The zero-order valence-electron chi connectivity index (χ0n) is 32.3. The topological polar surface area (TPSA) is 127 Å². The van der Waals surface area contributed by atoms with Gasteiger partial charge in [0, 0.05) is 49.6 Å². The quantitative estimate of drug-likeness (QED) is 0.0545. The molecule has 296 valence electrons. The molecule has 3 aromatic rings. The first-order valence-electron chi connectivity index (χ1n) is 20.1. The van der Waals surface area contributed by atoms with E-state index in [2.05, 4.69) is 12.7 Å². The van der Waals surface area contributed by atoms with E-state index in [1.807, 2.05) is 66.5 Å². The van der Waals surface area contributed by atoms with Gasteiger partial charge in [-0.3, -0.25) is 9.59 Å². The number of likely N-dealkylation sites (N-methyl/N-ethyl adjacent to an activating group) is 1. The number of fused-ring (bicyclic) bond motifs is 2. The van der Waals surface area contributed by atoms with Crippen LogP contribution in [0.5, 0.6) is 17.2 Å². The van der Waals surface area contributed by atoms with Crippen molar-refractivity contribution >= 4 is 17.9 Å². The summed E-state index contributed by atoms with van der Waals surface area (Å²) in [5, 5.41) is 24.6. The molecule has 2 N–H and O–H groups in total. The van der Waals surface area contributed by atoms with Gasteiger partial charge in [0.2, 0.25) is 11.7 Å². The zero-order chi connectivity index (χ0) is 39.1. The van der Waals surface area contributed by atoms with E-state index in [9.17, 15) is 19.8 Å². The third-order valence-electron chi connectivity index (χ3n) is 11.9. The van der Waals surface area contributed by atoms with Gasteiger partial charge in [-0.25, -0.2) is 0 Å². The second kappa shape index (κ2) is 18.0. The normalized spacial score (nSPS) is 25.6. The molecule has 1 heterocycles. The Morgan fingerprint density at radius 3 is 2.48 bits per heavy atom. The van der Waals surface area contributed by atoms with Crippen molar-refractivity contribution in [2.75, 3.05) is 26.9 Å². The highest BCUT2D eigenvalue weighted by atomic mass is 16.7. The average molecular weight is 763 g/mol. The third kappa shape index (κ3) is 8.33. The van der Waals surface area contributed by atoms with E-state index in [0.29, 0.717) is 48.7 Å². The number of hydrogen-bond acceptors (Lipinski definition) is 9. The Balaban J connectivity index is 1.40. The number of aldehydes is 1. The number of carbonyl (C=O) groups excluding carboxylic acids is 2. The smallest absolute Gasteiger partial charge is 0.239 e. The van der Waals surface area contributed by atoms with E-state index in [1.165, 1.54) is 0 Å². The van der Waals surface area contributed by atoms with Gasteiger partial charge in [-0.05, 0) is 91.8 Å². The number of rotatable bonds is 19. The maximum absolute atomic E-state index is 14.0. The Morgan fingerprint density at radius 2 is 1.75 bits per heavy atom. The lowest BCUT2D eigenvalue weighted by atomic mass is 9.55. The molecule has 56 heavy (non-hydrogen) atoms. The van der Waals surface area contributed by atoms with Gasteiger partial charge in [0.25, 0.3) is 0 Å². The maximum atomic E-state index is 14.0. The van der Waals surface area contributed by atoms with Crippen LogP contribution < -0.4 is 9.47 Å². The lowest BCUT2D eigenvalue weighted by Gasteiger charge is -2.59. The predicted octanol–water partition coefficient (Wildman–Crippen LogP) is 7.99. The van der Waals surface area contributed by atoms with Crippen LogP contribution in [0.15, 0.2) is 102 Å². The summed E-state index contributed by atoms with van der Waals surface area (Å²) in [6.07, 6.45) is 11.7. The molecule has 10 heteroatoms. The maximum Gasteiger partial charge on any atom is 0.239 e. The van der Waals surface area contributed by atoms with Gasteiger partial charge in [0.05, 0.1) is 18.2 Å². The summed E-state index contributed by atoms with van der Waals surface area (Å²) >= 11 is 0. The van der Waals surface area contributed by atoms with Crippen molar-refractivity contribution in [1.82, 2.24) is 4.90 Å². The van der Waals surface area contributed by atoms with E-state index in [1.54, 1.807) is 24.3 Å². The van der Waals surface area contributed by atoms with Gasteiger partial charge < -0.3 is 34.2 Å². The molecule has 2 saturated carbocycles. The van der Waals surface area contributed by atoms with Crippen molar-refractivity contribution < 1.29 is 38.9 Å². The first-order chi connectivity index (χ1) is 27.4. The monoisotopic (exact) mass is 762 g/mol. The molecule has 2 fully saturated rings. The third-order valence-corrected chi connectivity index (χ3v) is 11.9. The summed E-state index contributed by atoms with van der Waals surface area (Å²) in [5.74, 6) is 0.183. The Kier molecular flexibility index (Phi) is 12.7. The number of aliphatic hydroxyl groups is 2. The number of nitrogens with zero attached hydrogens (tertiary/aromatic N) is 2. The highest BCUT2D eigenvalue weighted by Gasteiger charge is 2.65. The van der Waals surface area contributed by atoms with E-state index >= 15 is 0 Å². The molecule has 4 aliphatic rings. The van der Waals surface area contributed by atoms with Crippen LogP contribution in [0, 0.1) is 23.7 Å². The Hall–Kier alpha value is -4.77. The second-order valence-electron chi connectivity index (χ2n) is 15.5. The van der Waals surface area contributed by atoms with E-state index in [4.69, 9.17) is 24.2 Å². The standard InChI is InChI=1S/C46H54N2O8/c1-3-24-53-46-42(48(2)45(52)33-18-19-33)28-40(47-54-30-31-12-5-4-6-13-31)38-26-34(15-7-9-22-49)37(17-8-10-23-50)43(44(38)46)39-27-36(20-21-41(39)56-46)55-35-16-11-14-32(25-35)29-51/h3-6,11-14,16,20-21,25-27,29,33-34,37,42-44,49-50H,1,7-10,15,17-19,22-24,28,30H2,2H3/t34-,37+,42-,43+,44+,46+/m0/s1. The second-order valence-corrected chi connectivity index (χ2v) is 15.5. The summed E-state index contributed by atoms with van der Waals surface area (Å²) in [4.78, 5) is 33.6. The van der Waals surface area contributed by atoms with Gasteiger partial charge in [-0.2, -0.15) is 0 Å². The minimum atomic E-state index is -1.29. The van der Waals surface area contributed by atoms with Gasteiger partial charge in [0.15, 0.2) is 0 Å². The van der Waals surface area contributed by atoms with E-state index < -0.39 is 17.7 Å². The van der Waals surface area contributed by atoms with Crippen LogP contribution in [0.1, 0.15) is 85.2 Å². The Morgan fingerprint density at radius 1 is 0.982 bits per heavy atom. The Bertz CT molecular complexity index is 1910. The number of amides is 1. The number of benzene rings is 3. The molecule has 7 rings (SSSR count). The number of carbonyl (C=O) groups is 2. The zero-order valence-corrected chi connectivity index (χ0v) is 32.3. The van der Waals surface area contributed by atoms with Crippen molar-refractivity contribution in [2.24, 2.45) is 28.8 Å². The fourth-order valence-corrected chi connectivity index (χ4v) is 9.11. The number of hydrogen-bond donors (Lipinski definition) is 2. The van der Waals surface area contributed by atoms with E-state index in [0.717, 1.165) is 67.2 Å². The number of unbranched alkanes of at least 4 members (excludes halogenated alkanes) is 2. The van der Waals surface area contributed by atoms with Crippen molar-refractivity contribution in [3.05, 3.63) is 114 Å². The summed E-state index contributed by atoms with van der Waals surface area (Å²) < 4.78 is 20.6. The van der Waals surface area contributed by atoms with Crippen LogP contribution in [0.3, 0.4) is 0 Å². The van der Waals surface area contributed by atoms with Gasteiger partial charge in [0.1, 0.15) is 36.2 Å². The first kappa shape index (κ1) is 39.5. The number of oxime groups is 1. The van der Waals surface area contributed by atoms with Gasteiger partial charge in [-0.1, -0.05) is 72.6 Å². The molecule has 0 spiro atoms. The molecule has 1 amide bonds. The fraction of sp³-hybridized carbons (Fsp3) is 0.457. The molecule has 10 nitrogen and oxygen atoms in total. The molecule has 3 aliphatic carbocycles. The largest absolute Gasteiger partial charge is 0.459 e. The van der Waals surface area contributed by atoms with Crippen LogP contribution in [-0.4, -0.2) is 71.7 Å². The van der Waals surface area contributed by atoms with Crippen LogP contribution in [0.4, 0.5) is 0 Å². The molecule has 0 bridgehead atoms. The minimum absolute atomic E-state index is 0.0271. The van der Waals surface area contributed by atoms with Gasteiger partial charge >= 0.3 is 0 Å². The summed E-state index contributed by atoms with van der Waals surface area (Å²) in [5.41, 5.74) is 4.23. The SMILES string of the molecule is C=CCO[C@@]12Oc3ccc(Oc4cccc(C=O)c4)cc3[C@H]3[C@H](CCCCO)[C@@H](CCCCO)C=C(C(=NOCc4ccccc4)C[C@@H]1N(C)C(=O)C1CC1)[C@H]32. The summed E-state index contributed by atoms with van der Waals surface area (Å²) in [6.45, 7) is 4.72. The van der Waals surface area contributed by atoms with Crippen LogP contribution >= 0.6 is 0 Å². The molecule has 1 aliphatic heterocycles. The van der Waals surface area contributed by atoms with Gasteiger partial charge in [-0.15, -0.1) is 6.58 Å². The molecule has 0 aromatic heterocycles. The number of aliphatic hydroxyl groups excluding tert-OH is 2. The fourth-order valence-electron chi connectivity index (χ4n) is 9.11. The highest BCUT2D eigenvalue weighted by molar-refractivity contribution is 6.03. The molecule has 6 atom stereocenters. The molecular weight excluding hydrogens is 709 g/mol. The number of ether oxygens (including phenoxy) is 3. The minimum Gasteiger partial charge on any atom is -0.459 e. The molecule has 0 saturated heterocycles. The van der Waals surface area contributed by atoms with Crippen LogP contribution in [-0.2, 0) is 21.0 Å². The first-order valence-corrected chi connectivity index (χ1v) is 20.1. The summed E-state index contributed by atoms with van der Waals surface area (Å²) in [6, 6.07) is 22.3. The lowest BCUT2D eigenvalue weighted by molar-refractivity contribution is -0.255.